The summed E-state index contributed by atoms with van der Waals surface area (Å²) in [5.41, 5.74) is 7.61. The van der Waals surface area contributed by atoms with Crippen LogP contribution in [0.5, 0.6) is 5.75 Å². The van der Waals surface area contributed by atoms with Crippen LogP contribution in [-0.2, 0) is 6.54 Å². The average molecular weight is 234 g/mol. The van der Waals surface area contributed by atoms with E-state index in [9.17, 15) is 0 Å². The van der Waals surface area contributed by atoms with Crippen LogP contribution in [0.4, 0.5) is 0 Å². The van der Waals surface area contributed by atoms with Crippen molar-refractivity contribution < 1.29 is 4.74 Å². The number of methoxy groups -OCH3 is 1. The van der Waals surface area contributed by atoms with E-state index in [1.807, 2.05) is 12.1 Å². The number of likely N-dealkylation sites (tertiary alicyclic amines) is 1. The Morgan fingerprint density at radius 1 is 1.29 bits per heavy atom. The summed E-state index contributed by atoms with van der Waals surface area (Å²) in [6.45, 7) is 7.37. The second-order valence-electron chi connectivity index (χ2n) is 5.38. The van der Waals surface area contributed by atoms with E-state index in [-0.39, 0.29) is 5.54 Å². The predicted molar refractivity (Wildman–Crippen MR) is 70.0 cm³/mol. The molecule has 1 aromatic rings. The molecular weight excluding hydrogens is 212 g/mol. The van der Waals surface area contributed by atoms with Gasteiger partial charge in [0.05, 0.1) is 7.11 Å². The number of ether oxygens (including phenoxy) is 1. The molecule has 0 aromatic heterocycles. The molecule has 0 radical (unpaired) electrons. The standard InChI is InChI=1S/C14H22N2O/c1-11(2)14(15)9-16(10-14)8-12-4-6-13(17-3)7-5-12/h4-7,11H,8-10,15H2,1-3H3. The summed E-state index contributed by atoms with van der Waals surface area (Å²) >= 11 is 0. The van der Waals surface area contributed by atoms with Crippen molar-refractivity contribution in [1.82, 2.24) is 4.90 Å². The maximum absolute atomic E-state index is 6.27. The molecule has 1 aliphatic heterocycles. The zero-order valence-corrected chi connectivity index (χ0v) is 10.9. The first kappa shape index (κ1) is 12.4. The maximum Gasteiger partial charge on any atom is 0.118 e. The van der Waals surface area contributed by atoms with E-state index in [0.29, 0.717) is 5.92 Å². The van der Waals surface area contributed by atoms with Crippen LogP contribution in [0.1, 0.15) is 19.4 Å². The van der Waals surface area contributed by atoms with Gasteiger partial charge in [0.25, 0.3) is 0 Å². The van der Waals surface area contributed by atoms with Gasteiger partial charge in [0.1, 0.15) is 5.75 Å². The largest absolute Gasteiger partial charge is 0.497 e. The lowest BCUT2D eigenvalue weighted by atomic mass is 9.80. The summed E-state index contributed by atoms with van der Waals surface area (Å²) in [4.78, 5) is 2.39. The van der Waals surface area contributed by atoms with E-state index in [4.69, 9.17) is 10.5 Å². The fraction of sp³-hybridized carbons (Fsp3) is 0.571. The number of nitrogens with zero attached hydrogens (tertiary/aromatic N) is 1. The van der Waals surface area contributed by atoms with Gasteiger partial charge in [0.15, 0.2) is 0 Å². The van der Waals surface area contributed by atoms with Gasteiger partial charge in [-0.15, -0.1) is 0 Å². The minimum Gasteiger partial charge on any atom is -0.497 e. The molecule has 17 heavy (non-hydrogen) atoms. The SMILES string of the molecule is COc1ccc(CN2CC(N)(C(C)C)C2)cc1. The smallest absolute Gasteiger partial charge is 0.118 e. The average Bonchev–Trinajstić information content (AvgIpc) is 2.27. The van der Waals surface area contributed by atoms with E-state index < -0.39 is 0 Å². The molecule has 2 N–H and O–H groups in total. The van der Waals surface area contributed by atoms with Crippen molar-refractivity contribution in [2.45, 2.75) is 25.9 Å². The zero-order valence-electron chi connectivity index (χ0n) is 10.9. The molecule has 0 amide bonds. The highest BCUT2D eigenvalue weighted by Gasteiger charge is 2.41. The van der Waals surface area contributed by atoms with Crippen molar-refractivity contribution >= 4 is 0 Å². The second-order valence-corrected chi connectivity index (χ2v) is 5.38. The van der Waals surface area contributed by atoms with Crippen molar-refractivity contribution in [3.05, 3.63) is 29.8 Å². The molecule has 2 rings (SSSR count). The van der Waals surface area contributed by atoms with Gasteiger partial charge in [-0.05, 0) is 23.6 Å². The van der Waals surface area contributed by atoms with Crippen molar-refractivity contribution in [3.8, 4) is 5.75 Å². The summed E-state index contributed by atoms with van der Waals surface area (Å²) in [5, 5.41) is 0. The molecule has 0 saturated carbocycles. The highest BCUT2D eigenvalue weighted by atomic mass is 16.5. The summed E-state index contributed by atoms with van der Waals surface area (Å²) < 4.78 is 5.15. The number of rotatable bonds is 4. The third-order valence-corrected chi connectivity index (χ3v) is 3.75. The fourth-order valence-corrected chi connectivity index (χ4v) is 2.25. The lowest BCUT2D eigenvalue weighted by Crippen LogP contribution is -2.69. The normalized spacial score (nSPS) is 19.1. The zero-order chi connectivity index (χ0) is 12.5. The fourth-order valence-electron chi connectivity index (χ4n) is 2.25. The highest BCUT2D eigenvalue weighted by Crippen LogP contribution is 2.27. The van der Waals surface area contributed by atoms with E-state index in [2.05, 4.69) is 30.9 Å². The molecule has 1 heterocycles. The van der Waals surface area contributed by atoms with E-state index in [1.165, 1.54) is 5.56 Å². The van der Waals surface area contributed by atoms with Crippen LogP contribution in [-0.4, -0.2) is 30.6 Å². The summed E-state index contributed by atoms with van der Waals surface area (Å²) in [6.07, 6.45) is 0. The van der Waals surface area contributed by atoms with Gasteiger partial charge in [-0.3, -0.25) is 4.90 Å². The lowest BCUT2D eigenvalue weighted by molar-refractivity contribution is 0.0313. The molecule has 94 valence electrons. The van der Waals surface area contributed by atoms with Gasteiger partial charge in [-0.1, -0.05) is 26.0 Å². The molecule has 0 unspecified atom stereocenters. The third kappa shape index (κ3) is 2.61. The topological polar surface area (TPSA) is 38.5 Å². The van der Waals surface area contributed by atoms with Gasteiger partial charge in [0, 0.05) is 25.2 Å². The van der Waals surface area contributed by atoms with Crippen LogP contribution in [0.15, 0.2) is 24.3 Å². The number of hydrogen-bond donors (Lipinski definition) is 1. The minimum absolute atomic E-state index is 0.0203. The van der Waals surface area contributed by atoms with Crippen LogP contribution in [0.2, 0.25) is 0 Å². The highest BCUT2D eigenvalue weighted by molar-refractivity contribution is 5.27. The first-order valence-corrected chi connectivity index (χ1v) is 6.18. The Hall–Kier alpha value is -1.06. The molecule has 0 bridgehead atoms. The summed E-state index contributed by atoms with van der Waals surface area (Å²) in [5.74, 6) is 1.46. The number of benzene rings is 1. The first-order chi connectivity index (χ1) is 8.03. The molecule has 1 fully saturated rings. The summed E-state index contributed by atoms with van der Waals surface area (Å²) in [7, 11) is 1.69. The molecule has 0 atom stereocenters. The molecule has 1 aliphatic rings. The Labute approximate surface area is 104 Å². The van der Waals surface area contributed by atoms with Gasteiger partial charge in [0.2, 0.25) is 0 Å². The van der Waals surface area contributed by atoms with Crippen LogP contribution in [0.25, 0.3) is 0 Å². The number of nitrogens with two attached hydrogens (primary N) is 1. The molecule has 0 aliphatic carbocycles. The van der Waals surface area contributed by atoms with Crippen LogP contribution >= 0.6 is 0 Å². The first-order valence-electron chi connectivity index (χ1n) is 6.18. The van der Waals surface area contributed by atoms with Gasteiger partial charge < -0.3 is 10.5 Å². The van der Waals surface area contributed by atoms with Gasteiger partial charge in [-0.25, -0.2) is 0 Å². The van der Waals surface area contributed by atoms with Gasteiger partial charge >= 0.3 is 0 Å². The van der Waals surface area contributed by atoms with Crippen molar-refractivity contribution in [3.63, 3.8) is 0 Å². The summed E-state index contributed by atoms with van der Waals surface area (Å²) in [6, 6.07) is 8.25. The molecule has 0 spiro atoms. The minimum atomic E-state index is 0.0203. The molecule has 3 nitrogen and oxygen atoms in total. The lowest BCUT2D eigenvalue weighted by Gasteiger charge is -2.50. The van der Waals surface area contributed by atoms with Crippen LogP contribution in [0, 0.1) is 5.92 Å². The van der Waals surface area contributed by atoms with E-state index >= 15 is 0 Å². The Balaban J connectivity index is 1.87. The number of hydrogen-bond acceptors (Lipinski definition) is 3. The van der Waals surface area contributed by atoms with Crippen molar-refractivity contribution in [1.29, 1.82) is 0 Å². The van der Waals surface area contributed by atoms with E-state index in [1.54, 1.807) is 7.11 Å². The van der Waals surface area contributed by atoms with Gasteiger partial charge in [-0.2, -0.15) is 0 Å². The second kappa shape index (κ2) is 4.67. The Bertz CT molecular complexity index is 366. The van der Waals surface area contributed by atoms with Crippen molar-refractivity contribution in [2.24, 2.45) is 11.7 Å². The van der Waals surface area contributed by atoms with Crippen LogP contribution < -0.4 is 10.5 Å². The Morgan fingerprint density at radius 3 is 2.35 bits per heavy atom. The Kier molecular flexibility index (Phi) is 3.40. The molecule has 1 saturated heterocycles. The van der Waals surface area contributed by atoms with Crippen LogP contribution in [0.3, 0.4) is 0 Å². The van der Waals surface area contributed by atoms with E-state index in [0.717, 1.165) is 25.4 Å². The Morgan fingerprint density at radius 2 is 1.88 bits per heavy atom. The maximum atomic E-state index is 6.27. The molecule has 3 heteroatoms. The monoisotopic (exact) mass is 234 g/mol. The van der Waals surface area contributed by atoms with Crippen molar-refractivity contribution in [2.75, 3.05) is 20.2 Å². The predicted octanol–water partition coefficient (Wildman–Crippen LogP) is 1.86. The third-order valence-electron chi connectivity index (χ3n) is 3.75. The quantitative estimate of drug-likeness (QED) is 0.864. The molecular formula is C14H22N2O. The molecule has 1 aromatic carbocycles.